The van der Waals surface area contributed by atoms with Gasteiger partial charge in [-0.25, -0.2) is 4.68 Å². The molecule has 2 heterocycles. The monoisotopic (exact) mass is 387 g/mol. The number of nitrogens with zero attached hydrogens (tertiary/aromatic N) is 4. The van der Waals surface area contributed by atoms with Gasteiger partial charge in [0.1, 0.15) is 11.5 Å². The highest BCUT2D eigenvalue weighted by Gasteiger charge is 2.21. The average Bonchev–Trinajstić information content (AvgIpc) is 3.36. The first-order valence-electron chi connectivity index (χ1n) is 9.22. The maximum absolute atomic E-state index is 13.1. The van der Waals surface area contributed by atoms with Gasteiger partial charge in [0.25, 0.3) is 5.91 Å². The Bertz CT molecular complexity index is 1130. The van der Waals surface area contributed by atoms with E-state index in [1.807, 2.05) is 68.4 Å². The van der Waals surface area contributed by atoms with Gasteiger partial charge in [-0.3, -0.25) is 9.89 Å². The number of nitrogens with two attached hydrogens (primary N) is 1. The van der Waals surface area contributed by atoms with E-state index in [0.29, 0.717) is 17.1 Å². The Morgan fingerprint density at radius 2 is 1.86 bits per heavy atom. The van der Waals surface area contributed by atoms with Crippen molar-refractivity contribution in [2.45, 2.75) is 19.9 Å². The number of para-hydroxylation sites is 1. The van der Waals surface area contributed by atoms with Gasteiger partial charge in [-0.1, -0.05) is 48.0 Å². The summed E-state index contributed by atoms with van der Waals surface area (Å²) in [4.78, 5) is 17.2. The number of carbonyl (C=O) groups excluding carboxylic acids is 1. The zero-order valence-corrected chi connectivity index (χ0v) is 16.1. The number of anilines is 1. The van der Waals surface area contributed by atoms with Crippen LogP contribution in [0.4, 0.5) is 5.95 Å². The first-order valence-corrected chi connectivity index (χ1v) is 9.22. The number of amides is 1. The van der Waals surface area contributed by atoms with Crippen LogP contribution in [0.5, 0.6) is 0 Å². The smallest absolute Gasteiger partial charge is 0.255 e. The molecule has 2 aromatic heterocycles. The van der Waals surface area contributed by atoms with Gasteiger partial charge in [0, 0.05) is 11.8 Å². The third-order valence-electron chi connectivity index (χ3n) is 4.58. The van der Waals surface area contributed by atoms with Crippen molar-refractivity contribution in [1.82, 2.24) is 30.3 Å². The summed E-state index contributed by atoms with van der Waals surface area (Å²) >= 11 is 0. The van der Waals surface area contributed by atoms with Crippen LogP contribution in [0.1, 0.15) is 34.7 Å². The molecule has 2 aromatic carbocycles. The Hall–Kier alpha value is -3.94. The lowest BCUT2D eigenvalue weighted by molar-refractivity contribution is 0.0939. The summed E-state index contributed by atoms with van der Waals surface area (Å²) < 4.78 is 1.71. The van der Waals surface area contributed by atoms with Crippen LogP contribution in [0.2, 0.25) is 0 Å². The molecule has 8 nitrogen and oxygen atoms in total. The topological polar surface area (TPSA) is 115 Å². The second kappa shape index (κ2) is 7.59. The zero-order valence-electron chi connectivity index (χ0n) is 16.1. The van der Waals surface area contributed by atoms with Crippen LogP contribution >= 0.6 is 0 Å². The molecular formula is C21H21N7O. The Balaban J connectivity index is 1.71. The molecular weight excluding hydrogens is 366 g/mol. The number of benzene rings is 2. The highest BCUT2D eigenvalue weighted by atomic mass is 16.1. The summed E-state index contributed by atoms with van der Waals surface area (Å²) in [5.74, 6) is 0.367. The van der Waals surface area contributed by atoms with Crippen molar-refractivity contribution in [3.63, 3.8) is 0 Å². The molecule has 0 aliphatic heterocycles. The molecule has 0 aliphatic carbocycles. The minimum absolute atomic E-state index is 0.137. The van der Waals surface area contributed by atoms with Crippen molar-refractivity contribution in [2.24, 2.45) is 0 Å². The summed E-state index contributed by atoms with van der Waals surface area (Å²) in [5.41, 5.74) is 9.51. The van der Waals surface area contributed by atoms with E-state index in [2.05, 4.69) is 25.6 Å². The standard InChI is InChI=1S/C21H21N7O/c1-13-8-10-15(11-9-13)18-17(12-28(27-18)16-6-4-3-5-7-16)20(29)23-14(2)19-24-21(22)26-25-19/h3-12,14H,1-2H3,(H,23,29)(H3,22,24,25,26). The highest BCUT2D eigenvalue weighted by Crippen LogP contribution is 2.25. The number of rotatable bonds is 5. The lowest BCUT2D eigenvalue weighted by Gasteiger charge is -2.11. The molecule has 0 fully saturated rings. The Morgan fingerprint density at radius 1 is 1.14 bits per heavy atom. The van der Waals surface area contributed by atoms with E-state index in [1.54, 1.807) is 10.9 Å². The van der Waals surface area contributed by atoms with E-state index < -0.39 is 6.04 Å². The van der Waals surface area contributed by atoms with Crippen molar-refractivity contribution in [1.29, 1.82) is 0 Å². The summed E-state index contributed by atoms with van der Waals surface area (Å²) in [6, 6.07) is 17.2. The Morgan fingerprint density at radius 3 is 2.52 bits per heavy atom. The van der Waals surface area contributed by atoms with Gasteiger partial charge < -0.3 is 11.1 Å². The number of nitrogen functional groups attached to an aromatic ring is 1. The number of aryl methyl sites for hydroxylation is 1. The van der Waals surface area contributed by atoms with Crippen LogP contribution < -0.4 is 11.1 Å². The van der Waals surface area contributed by atoms with E-state index in [0.717, 1.165) is 16.8 Å². The van der Waals surface area contributed by atoms with E-state index in [1.165, 1.54) is 0 Å². The molecule has 1 atom stereocenters. The summed E-state index contributed by atoms with van der Waals surface area (Å²) in [6.45, 7) is 3.83. The maximum Gasteiger partial charge on any atom is 0.255 e. The van der Waals surface area contributed by atoms with E-state index in [-0.39, 0.29) is 11.9 Å². The van der Waals surface area contributed by atoms with Crippen molar-refractivity contribution in [2.75, 3.05) is 5.73 Å². The van der Waals surface area contributed by atoms with Crippen LogP contribution in [-0.2, 0) is 0 Å². The van der Waals surface area contributed by atoms with Crippen molar-refractivity contribution in [3.8, 4) is 16.9 Å². The van der Waals surface area contributed by atoms with Crippen LogP contribution in [0.15, 0.2) is 60.8 Å². The van der Waals surface area contributed by atoms with Crippen LogP contribution in [0, 0.1) is 6.92 Å². The Kier molecular flexibility index (Phi) is 4.82. The molecule has 29 heavy (non-hydrogen) atoms. The van der Waals surface area contributed by atoms with Gasteiger partial charge in [0.2, 0.25) is 5.95 Å². The van der Waals surface area contributed by atoms with Crippen LogP contribution in [-0.4, -0.2) is 30.9 Å². The minimum atomic E-state index is -0.391. The van der Waals surface area contributed by atoms with E-state index in [4.69, 9.17) is 5.73 Å². The van der Waals surface area contributed by atoms with Crippen molar-refractivity contribution >= 4 is 11.9 Å². The SMILES string of the molecule is Cc1ccc(-c2nn(-c3ccccc3)cc2C(=O)NC(C)c2nc(N)n[nH]2)cc1. The van der Waals surface area contributed by atoms with Gasteiger partial charge >= 0.3 is 0 Å². The van der Waals surface area contributed by atoms with E-state index >= 15 is 0 Å². The second-order valence-corrected chi connectivity index (χ2v) is 6.81. The van der Waals surface area contributed by atoms with Gasteiger partial charge in [-0.05, 0) is 26.0 Å². The van der Waals surface area contributed by atoms with E-state index in [9.17, 15) is 4.79 Å². The quantitative estimate of drug-likeness (QED) is 0.487. The highest BCUT2D eigenvalue weighted by molar-refractivity contribution is 6.00. The maximum atomic E-state index is 13.1. The normalized spacial score (nSPS) is 11.9. The van der Waals surface area contributed by atoms with Gasteiger partial charge in [0.05, 0.1) is 17.3 Å². The molecule has 0 spiro atoms. The molecule has 4 N–H and O–H groups in total. The largest absolute Gasteiger partial charge is 0.367 e. The Labute approximate surface area is 167 Å². The molecule has 1 amide bonds. The van der Waals surface area contributed by atoms with Crippen molar-refractivity contribution < 1.29 is 4.79 Å². The fraction of sp³-hybridized carbons (Fsp3) is 0.143. The molecule has 8 heteroatoms. The molecule has 0 bridgehead atoms. The molecule has 0 aliphatic rings. The summed E-state index contributed by atoms with van der Waals surface area (Å²) in [7, 11) is 0. The predicted molar refractivity (Wildman–Crippen MR) is 110 cm³/mol. The fourth-order valence-corrected chi connectivity index (χ4v) is 3.00. The van der Waals surface area contributed by atoms with Gasteiger partial charge in [-0.2, -0.15) is 10.1 Å². The number of carbonyl (C=O) groups is 1. The summed E-state index contributed by atoms with van der Waals surface area (Å²) in [5, 5.41) is 14.1. The number of hydrogen-bond donors (Lipinski definition) is 3. The number of nitrogens with one attached hydrogen (secondary N) is 2. The molecule has 146 valence electrons. The first-order chi connectivity index (χ1) is 14.0. The van der Waals surface area contributed by atoms with Crippen LogP contribution in [0.3, 0.4) is 0 Å². The molecule has 0 saturated carbocycles. The molecule has 4 aromatic rings. The number of hydrogen-bond acceptors (Lipinski definition) is 5. The minimum Gasteiger partial charge on any atom is -0.367 e. The number of aromatic nitrogens is 5. The molecule has 4 rings (SSSR count). The molecule has 0 radical (unpaired) electrons. The average molecular weight is 387 g/mol. The lowest BCUT2D eigenvalue weighted by Crippen LogP contribution is -2.27. The molecule has 1 unspecified atom stereocenters. The third kappa shape index (κ3) is 3.86. The third-order valence-corrected chi connectivity index (χ3v) is 4.58. The lowest BCUT2D eigenvalue weighted by atomic mass is 10.1. The van der Waals surface area contributed by atoms with Crippen molar-refractivity contribution in [3.05, 3.63) is 77.7 Å². The predicted octanol–water partition coefficient (Wildman–Crippen LogP) is 3.04. The molecule has 0 saturated heterocycles. The van der Waals surface area contributed by atoms with Crippen LogP contribution in [0.25, 0.3) is 16.9 Å². The number of aromatic amines is 1. The van der Waals surface area contributed by atoms with Gasteiger partial charge in [0.15, 0.2) is 0 Å². The van der Waals surface area contributed by atoms with Gasteiger partial charge in [-0.15, -0.1) is 5.10 Å². The summed E-state index contributed by atoms with van der Waals surface area (Å²) in [6.07, 6.45) is 1.74. The zero-order chi connectivity index (χ0) is 20.4. The first kappa shape index (κ1) is 18.4. The fourth-order valence-electron chi connectivity index (χ4n) is 3.00. The number of H-pyrrole nitrogens is 1. The second-order valence-electron chi connectivity index (χ2n) is 6.81.